The van der Waals surface area contributed by atoms with Crippen LogP contribution in [0.1, 0.15) is 25.5 Å². The Labute approximate surface area is 138 Å². The van der Waals surface area contributed by atoms with E-state index < -0.39 is 10.0 Å². The second kappa shape index (κ2) is 7.80. The van der Waals surface area contributed by atoms with Gasteiger partial charge in [0.1, 0.15) is 11.5 Å². The molecule has 5 nitrogen and oxygen atoms in total. The second-order valence-corrected chi connectivity index (χ2v) is 7.32. The molecule has 2 aromatic rings. The fourth-order valence-corrected chi connectivity index (χ4v) is 3.12. The van der Waals surface area contributed by atoms with Crippen LogP contribution in [0.5, 0.6) is 5.75 Å². The van der Waals surface area contributed by atoms with E-state index in [1.165, 1.54) is 18.4 Å². The molecule has 0 amide bonds. The molecule has 0 saturated heterocycles. The van der Waals surface area contributed by atoms with Crippen molar-refractivity contribution >= 4 is 26.0 Å². The molecule has 0 aliphatic carbocycles. The van der Waals surface area contributed by atoms with Gasteiger partial charge in [0, 0.05) is 6.07 Å². The highest BCUT2D eigenvalue weighted by molar-refractivity contribution is 9.10. The normalized spacial score (nSPS) is 11.5. The highest BCUT2D eigenvalue weighted by atomic mass is 79.9. The van der Waals surface area contributed by atoms with Crippen molar-refractivity contribution in [3.63, 3.8) is 0 Å². The molecule has 2 rings (SSSR count). The number of hydrogen-bond donors (Lipinski definition) is 1. The van der Waals surface area contributed by atoms with Gasteiger partial charge >= 0.3 is 0 Å². The van der Waals surface area contributed by atoms with Gasteiger partial charge in [-0.15, -0.1) is 0 Å². The average Bonchev–Trinajstić information content (AvgIpc) is 3.01. The Morgan fingerprint density at radius 2 is 2.14 bits per heavy atom. The Balaban J connectivity index is 2.10. The maximum atomic E-state index is 12.3. The van der Waals surface area contributed by atoms with Crippen molar-refractivity contribution in [3.05, 3.63) is 46.8 Å². The Morgan fingerprint density at radius 1 is 1.32 bits per heavy atom. The molecule has 0 unspecified atom stereocenters. The third-order valence-corrected chi connectivity index (χ3v) is 5.04. The van der Waals surface area contributed by atoms with Gasteiger partial charge < -0.3 is 9.15 Å². The molecule has 0 radical (unpaired) electrons. The van der Waals surface area contributed by atoms with Crippen LogP contribution in [0.3, 0.4) is 0 Å². The molecule has 120 valence electrons. The zero-order chi connectivity index (χ0) is 16.0. The van der Waals surface area contributed by atoms with Gasteiger partial charge in [-0.25, -0.2) is 13.1 Å². The largest absolute Gasteiger partial charge is 0.492 e. The van der Waals surface area contributed by atoms with Crippen LogP contribution in [0.4, 0.5) is 0 Å². The van der Waals surface area contributed by atoms with Crippen LogP contribution in [0.25, 0.3) is 0 Å². The minimum atomic E-state index is -3.62. The zero-order valence-corrected chi connectivity index (χ0v) is 14.6. The van der Waals surface area contributed by atoms with E-state index in [1.807, 2.05) is 0 Å². The predicted molar refractivity (Wildman–Crippen MR) is 87.3 cm³/mol. The van der Waals surface area contributed by atoms with E-state index in [4.69, 9.17) is 9.15 Å². The third-order valence-electron chi connectivity index (χ3n) is 2.98. The Bertz CT molecular complexity index is 698. The van der Waals surface area contributed by atoms with Crippen molar-refractivity contribution in [2.75, 3.05) is 6.61 Å². The van der Waals surface area contributed by atoms with Crippen LogP contribution < -0.4 is 9.46 Å². The first-order chi connectivity index (χ1) is 10.5. The molecule has 0 bridgehead atoms. The number of nitrogens with one attached hydrogen (secondary N) is 1. The van der Waals surface area contributed by atoms with Gasteiger partial charge in [-0.2, -0.15) is 0 Å². The number of benzene rings is 1. The molecule has 0 aliphatic heterocycles. The fourth-order valence-electron chi connectivity index (χ4n) is 1.75. The van der Waals surface area contributed by atoms with Gasteiger partial charge in [-0.05, 0) is 46.6 Å². The first-order valence-corrected chi connectivity index (χ1v) is 9.25. The van der Waals surface area contributed by atoms with E-state index in [0.717, 1.165) is 17.3 Å². The summed E-state index contributed by atoms with van der Waals surface area (Å²) < 4.78 is 38.5. The summed E-state index contributed by atoms with van der Waals surface area (Å²) in [6, 6.07) is 8.14. The van der Waals surface area contributed by atoms with Gasteiger partial charge in [-0.3, -0.25) is 0 Å². The number of ether oxygens (including phenoxy) is 1. The lowest BCUT2D eigenvalue weighted by Gasteiger charge is -2.11. The van der Waals surface area contributed by atoms with E-state index in [0.29, 0.717) is 18.1 Å². The van der Waals surface area contributed by atoms with Crippen LogP contribution in [-0.4, -0.2) is 15.0 Å². The van der Waals surface area contributed by atoms with Crippen molar-refractivity contribution < 1.29 is 17.6 Å². The van der Waals surface area contributed by atoms with E-state index in [9.17, 15) is 8.42 Å². The summed E-state index contributed by atoms with van der Waals surface area (Å²) in [4.78, 5) is 0.161. The highest BCUT2D eigenvalue weighted by Gasteiger charge is 2.16. The fraction of sp³-hybridized carbons (Fsp3) is 0.333. The molecule has 0 atom stereocenters. The number of rotatable bonds is 8. The highest BCUT2D eigenvalue weighted by Crippen LogP contribution is 2.28. The molecular formula is C15H18BrNO4S. The van der Waals surface area contributed by atoms with Crippen LogP contribution in [-0.2, 0) is 16.6 Å². The van der Waals surface area contributed by atoms with Gasteiger partial charge in [0.25, 0.3) is 0 Å². The summed E-state index contributed by atoms with van der Waals surface area (Å²) in [7, 11) is -3.62. The Morgan fingerprint density at radius 3 is 2.82 bits per heavy atom. The van der Waals surface area contributed by atoms with E-state index in [2.05, 4.69) is 27.6 Å². The molecule has 22 heavy (non-hydrogen) atoms. The van der Waals surface area contributed by atoms with Crippen LogP contribution in [0.15, 0.2) is 50.4 Å². The lowest BCUT2D eigenvalue weighted by molar-refractivity contribution is 0.306. The molecule has 0 spiro atoms. The molecule has 1 heterocycles. The van der Waals surface area contributed by atoms with Crippen molar-refractivity contribution in [1.29, 1.82) is 0 Å². The molecular weight excluding hydrogens is 370 g/mol. The number of hydrogen-bond acceptors (Lipinski definition) is 4. The first kappa shape index (κ1) is 17.1. The number of halogens is 1. The van der Waals surface area contributed by atoms with E-state index in [-0.39, 0.29) is 11.4 Å². The standard InChI is InChI=1S/C15H18BrNO4S/c1-2-3-8-21-15-10-13(6-7-14(15)16)22(18,19)17-11-12-5-4-9-20-12/h4-7,9-10,17H,2-3,8,11H2,1H3. The third kappa shape index (κ3) is 4.59. The van der Waals surface area contributed by atoms with Gasteiger partial charge in [0.05, 0.1) is 28.8 Å². The van der Waals surface area contributed by atoms with Gasteiger partial charge in [-0.1, -0.05) is 13.3 Å². The lowest BCUT2D eigenvalue weighted by Crippen LogP contribution is -2.23. The number of furan rings is 1. The monoisotopic (exact) mass is 387 g/mol. The van der Waals surface area contributed by atoms with E-state index in [1.54, 1.807) is 18.2 Å². The SMILES string of the molecule is CCCCOc1cc(S(=O)(=O)NCc2ccco2)ccc1Br. The van der Waals surface area contributed by atoms with Crippen LogP contribution in [0, 0.1) is 0 Å². The summed E-state index contributed by atoms with van der Waals surface area (Å²) in [5, 5.41) is 0. The van der Waals surface area contributed by atoms with Crippen molar-refractivity contribution in [1.82, 2.24) is 4.72 Å². The topological polar surface area (TPSA) is 68.5 Å². The van der Waals surface area contributed by atoms with Crippen molar-refractivity contribution in [2.45, 2.75) is 31.2 Å². The summed E-state index contributed by atoms with van der Waals surface area (Å²) in [6.45, 7) is 2.73. The van der Waals surface area contributed by atoms with Gasteiger partial charge in [0.2, 0.25) is 10.0 Å². The minimum absolute atomic E-state index is 0.109. The molecule has 0 aliphatic rings. The van der Waals surface area contributed by atoms with Crippen LogP contribution >= 0.6 is 15.9 Å². The summed E-state index contributed by atoms with van der Waals surface area (Å²) in [5.41, 5.74) is 0. The molecule has 1 aromatic carbocycles. The van der Waals surface area contributed by atoms with Crippen molar-refractivity contribution in [3.8, 4) is 5.75 Å². The first-order valence-electron chi connectivity index (χ1n) is 6.97. The molecule has 1 N–H and O–H groups in total. The summed E-state index contributed by atoms with van der Waals surface area (Å²) in [5.74, 6) is 1.08. The minimum Gasteiger partial charge on any atom is -0.492 e. The van der Waals surface area contributed by atoms with Crippen molar-refractivity contribution in [2.24, 2.45) is 0 Å². The van der Waals surface area contributed by atoms with Crippen LogP contribution in [0.2, 0.25) is 0 Å². The zero-order valence-electron chi connectivity index (χ0n) is 12.2. The predicted octanol–water partition coefficient (Wildman–Crippen LogP) is 3.70. The lowest BCUT2D eigenvalue weighted by atomic mass is 10.3. The Hall–Kier alpha value is -1.31. The average molecular weight is 388 g/mol. The summed E-state index contributed by atoms with van der Waals surface area (Å²) >= 11 is 3.36. The quantitative estimate of drug-likeness (QED) is 0.701. The second-order valence-electron chi connectivity index (χ2n) is 4.70. The number of sulfonamides is 1. The number of unbranched alkanes of at least 4 members (excludes halogenated alkanes) is 1. The maximum Gasteiger partial charge on any atom is 0.241 e. The molecule has 1 aromatic heterocycles. The molecule has 0 saturated carbocycles. The maximum absolute atomic E-state index is 12.3. The molecule has 0 fully saturated rings. The molecule has 7 heteroatoms. The smallest absolute Gasteiger partial charge is 0.241 e. The summed E-state index contributed by atoms with van der Waals surface area (Å²) in [6.07, 6.45) is 3.43. The van der Waals surface area contributed by atoms with Gasteiger partial charge in [0.15, 0.2) is 0 Å². The van der Waals surface area contributed by atoms with E-state index >= 15 is 0 Å². The Kier molecular flexibility index (Phi) is 6.05.